The lowest BCUT2D eigenvalue weighted by Crippen LogP contribution is -2.03. The molecule has 0 aliphatic carbocycles. The van der Waals surface area contributed by atoms with Gasteiger partial charge in [-0.3, -0.25) is 0 Å². The van der Waals surface area contributed by atoms with Crippen LogP contribution >= 0.6 is 0 Å². The molecule has 0 aliphatic rings. The molecule has 1 atom stereocenters. The quantitative estimate of drug-likeness (QED) is 0.765. The van der Waals surface area contributed by atoms with E-state index >= 15 is 0 Å². The number of hydrogen-bond acceptors (Lipinski definition) is 1. The maximum Gasteiger partial charge on any atom is 0.0552 e. The SMILES string of the molecule is CC.CC.CC(O)Cc1ccccc1. The number of rotatable bonds is 2. The normalized spacial score (nSPS) is 10.1. The van der Waals surface area contributed by atoms with Gasteiger partial charge in [-0.1, -0.05) is 58.0 Å². The summed E-state index contributed by atoms with van der Waals surface area (Å²) < 4.78 is 0. The summed E-state index contributed by atoms with van der Waals surface area (Å²) in [5.41, 5.74) is 1.19. The van der Waals surface area contributed by atoms with Gasteiger partial charge in [0.05, 0.1) is 6.10 Å². The molecule has 1 aromatic carbocycles. The van der Waals surface area contributed by atoms with Crippen LogP contribution in [0.1, 0.15) is 40.2 Å². The van der Waals surface area contributed by atoms with Crippen molar-refractivity contribution < 1.29 is 5.11 Å². The first-order valence-corrected chi connectivity index (χ1v) is 5.51. The second kappa shape index (κ2) is 12.2. The number of hydrogen-bond donors (Lipinski definition) is 1. The van der Waals surface area contributed by atoms with Gasteiger partial charge in [-0.05, 0) is 18.9 Å². The molecule has 1 rings (SSSR count). The van der Waals surface area contributed by atoms with Gasteiger partial charge < -0.3 is 5.11 Å². The van der Waals surface area contributed by atoms with Gasteiger partial charge in [-0.2, -0.15) is 0 Å². The maximum atomic E-state index is 9.01. The van der Waals surface area contributed by atoms with E-state index in [1.54, 1.807) is 6.92 Å². The minimum atomic E-state index is -0.234. The highest BCUT2D eigenvalue weighted by Crippen LogP contribution is 2.01. The minimum absolute atomic E-state index is 0.234. The second-order valence-electron chi connectivity index (χ2n) is 2.54. The Morgan fingerprint density at radius 1 is 1.00 bits per heavy atom. The van der Waals surface area contributed by atoms with E-state index in [1.807, 2.05) is 58.0 Å². The van der Waals surface area contributed by atoms with Crippen LogP contribution in [0.5, 0.6) is 0 Å². The topological polar surface area (TPSA) is 20.2 Å². The van der Waals surface area contributed by atoms with E-state index in [9.17, 15) is 0 Å². The Morgan fingerprint density at radius 2 is 1.43 bits per heavy atom. The first-order chi connectivity index (χ1) is 6.79. The van der Waals surface area contributed by atoms with Crippen molar-refractivity contribution in [3.05, 3.63) is 35.9 Å². The molecule has 0 amide bonds. The number of aliphatic hydroxyl groups is 1. The van der Waals surface area contributed by atoms with Crippen molar-refractivity contribution in [2.24, 2.45) is 0 Å². The summed E-state index contributed by atoms with van der Waals surface area (Å²) in [6.07, 6.45) is 0.517. The second-order valence-corrected chi connectivity index (χ2v) is 2.54. The van der Waals surface area contributed by atoms with Crippen molar-refractivity contribution in [3.8, 4) is 0 Å². The molecular weight excluding hydrogens is 172 g/mol. The molecule has 0 fully saturated rings. The van der Waals surface area contributed by atoms with Crippen LogP contribution in [-0.4, -0.2) is 11.2 Å². The molecule has 1 nitrogen and oxygen atoms in total. The van der Waals surface area contributed by atoms with Gasteiger partial charge in [0, 0.05) is 0 Å². The van der Waals surface area contributed by atoms with Crippen LogP contribution in [0.25, 0.3) is 0 Å². The van der Waals surface area contributed by atoms with E-state index in [1.165, 1.54) is 5.56 Å². The summed E-state index contributed by atoms with van der Waals surface area (Å²) in [7, 11) is 0. The number of benzene rings is 1. The van der Waals surface area contributed by atoms with Gasteiger partial charge in [0.1, 0.15) is 0 Å². The fraction of sp³-hybridized carbons (Fsp3) is 0.538. The highest BCUT2D eigenvalue weighted by Gasteiger charge is 1.95. The fourth-order valence-corrected chi connectivity index (χ4v) is 0.955. The molecule has 0 heterocycles. The van der Waals surface area contributed by atoms with Gasteiger partial charge in [-0.25, -0.2) is 0 Å². The fourth-order valence-electron chi connectivity index (χ4n) is 0.955. The minimum Gasteiger partial charge on any atom is -0.393 e. The molecule has 0 aromatic heterocycles. The van der Waals surface area contributed by atoms with Crippen LogP contribution in [0.4, 0.5) is 0 Å². The van der Waals surface area contributed by atoms with Gasteiger partial charge >= 0.3 is 0 Å². The van der Waals surface area contributed by atoms with Crippen LogP contribution in [0.2, 0.25) is 0 Å². The smallest absolute Gasteiger partial charge is 0.0552 e. The van der Waals surface area contributed by atoms with E-state index in [0.717, 1.165) is 6.42 Å². The standard InChI is InChI=1S/C9H12O.2C2H6/c1-8(10)7-9-5-3-2-4-6-9;2*1-2/h2-6,8,10H,7H2,1H3;2*1-2H3. The zero-order valence-electron chi connectivity index (χ0n) is 10.1. The van der Waals surface area contributed by atoms with Crippen LogP contribution in [-0.2, 0) is 6.42 Å². The largest absolute Gasteiger partial charge is 0.393 e. The summed E-state index contributed by atoms with van der Waals surface area (Å²) in [5, 5.41) is 9.01. The summed E-state index contributed by atoms with van der Waals surface area (Å²) >= 11 is 0. The third-order valence-corrected chi connectivity index (χ3v) is 1.37. The van der Waals surface area contributed by atoms with E-state index in [2.05, 4.69) is 0 Å². The molecule has 0 bridgehead atoms. The monoisotopic (exact) mass is 196 g/mol. The lowest BCUT2D eigenvalue weighted by Gasteiger charge is -2.01. The first kappa shape index (κ1) is 15.6. The molecule has 14 heavy (non-hydrogen) atoms. The molecule has 0 spiro atoms. The Balaban J connectivity index is 0. The van der Waals surface area contributed by atoms with Crippen LogP contribution < -0.4 is 0 Å². The van der Waals surface area contributed by atoms with Crippen molar-refractivity contribution in [1.29, 1.82) is 0 Å². The summed E-state index contributed by atoms with van der Waals surface area (Å²) in [6, 6.07) is 9.99. The Labute approximate surface area is 88.8 Å². The van der Waals surface area contributed by atoms with Crippen molar-refractivity contribution in [3.63, 3.8) is 0 Å². The van der Waals surface area contributed by atoms with Gasteiger partial charge in [-0.15, -0.1) is 0 Å². The summed E-state index contributed by atoms with van der Waals surface area (Å²) in [4.78, 5) is 0. The van der Waals surface area contributed by atoms with E-state index in [-0.39, 0.29) is 6.10 Å². The molecule has 82 valence electrons. The molecule has 0 radical (unpaired) electrons. The van der Waals surface area contributed by atoms with Crippen molar-refractivity contribution in [2.45, 2.75) is 47.1 Å². The predicted octanol–water partition coefficient (Wildman–Crippen LogP) is 3.66. The molecule has 1 N–H and O–H groups in total. The molecule has 1 heteroatoms. The Morgan fingerprint density at radius 3 is 1.79 bits per heavy atom. The number of aliphatic hydroxyl groups excluding tert-OH is 1. The van der Waals surface area contributed by atoms with Gasteiger partial charge in [0.25, 0.3) is 0 Å². The van der Waals surface area contributed by atoms with E-state index in [4.69, 9.17) is 5.11 Å². The van der Waals surface area contributed by atoms with Crippen molar-refractivity contribution >= 4 is 0 Å². The highest BCUT2D eigenvalue weighted by molar-refractivity contribution is 5.15. The zero-order chi connectivity index (χ0) is 11.4. The molecule has 1 aromatic rings. The van der Waals surface area contributed by atoms with Crippen LogP contribution in [0.15, 0.2) is 30.3 Å². The Hall–Kier alpha value is -0.820. The molecule has 1 unspecified atom stereocenters. The van der Waals surface area contributed by atoms with Crippen LogP contribution in [0.3, 0.4) is 0 Å². The van der Waals surface area contributed by atoms with E-state index in [0.29, 0.717) is 0 Å². The van der Waals surface area contributed by atoms with Gasteiger partial charge in [0.15, 0.2) is 0 Å². The predicted molar refractivity (Wildman–Crippen MR) is 64.5 cm³/mol. The summed E-state index contributed by atoms with van der Waals surface area (Å²) in [6.45, 7) is 9.80. The molecule has 0 saturated heterocycles. The Bertz CT molecular complexity index is 180. The van der Waals surface area contributed by atoms with Crippen molar-refractivity contribution in [2.75, 3.05) is 0 Å². The Kier molecular flexibility index (Phi) is 13.6. The lowest BCUT2D eigenvalue weighted by atomic mass is 10.1. The molecular formula is C13H24O. The maximum absolute atomic E-state index is 9.01. The summed E-state index contributed by atoms with van der Waals surface area (Å²) in [5.74, 6) is 0. The average Bonchev–Trinajstić information content (AvgIpc) is 2.24. The zero-order valence-corrected chi connectivity index (χ0v) is 10.1. The van der Waals surface area contributed by atoms with Crippen LogP contribution in [0, 0.1) is 0 Å². The highest BCUT2D eigenvalue weighted by atomic mass is 16.3. The third-order valence-electron chi connectivity index (χ3n) is 1.37. The van der Waals surface area contributed by atoms with Gasteiger partial charge in [0.2, 0.25) is 0 Å². The van der Waals surface area contributed by atoms with E-state index < -0.39 is 0 Å². The molecule has 0 aliphatic heterocycles. The third kappa shape index (κ3) is 9.27. The lowest BCUT2D eigenvalue weighted by molar-refractivity contribution is 0.195. The van der Waals surface area contributed by atoms with Crippen molar-refractivity contribution in [1.82, 2.24) is 0 Å². The molecule has 0 saturated carbocycles. The first-order valence-electron chi connectivity index (χ1n) is 5.51. The average molecular weight is 196 g/mol.